The lowest BCUT2D eigenvalue weighted by Crippen LogP contribution is -2.35. The van der Waals surface area contributed by atoms with Crippen LogP contribution in [-0.2, 0) is 4.74 Å². The SMILES string of the molecule is COCCN1CCC(c2cncc(-c3cccc(F)c3)n2)CC1. The number of ether oxygens (including phenoxy) is 1. The average molecular weight is 315 g/mol. The number of aromatic nitrogens is 2. The summed E-state index contributed by atoms with van der Waals surface area (Å²) < 4.78 is 18.5. The van der Waals surface area contributed by atoms with Gasteiger partial charge in [0, 0.05) is 31.3 Å². The third-order valence-electron chi connectivity index (χ3n) is 4.39. The van der Waals surface area contributed by atoms with Crippen LogP contribution in [0, 0.1) is 5.82 Å². The van der Waals surface area contributed by atoms with Crippen molar-refractivity contribution in [2.24, 2.45) is 0 Å². The molecule has 122 valence electrons. The Morgan fingerprint density at radius 1 is 1.26 bits per heavy atom. The maximum Gasteiger partial charge on any atom is 0.123 e. The summed E-state index contributed by atoms with van der Waals surface area (Å²) in [6.45, 7) is 3.87. The molecule has 0 bridgehead atoms. The lowest BCUT2D eigenvalue weighted by Gasteiger charge is -2.31. The number of hydrogen-bond donors (Lipinski definition) is 0. The predicted molar refractivity (Wildman–Crippen MR) is 87.7 cm³/mol. The molecule has 1 aliphatic rings. The highest BCUT2D eigenvalue weighted by Crippen LogP contribution is 2.27. The predicted octanol–water partition coefficient (Wildman–Crippen LogP) is 3.11. The van der Waals surface area contributed by atoms with Crippen LogP contribution in [0.3, 0.4) is 0 Å². The van der Waals surface area contributed by atoms with E-state index in [2.05, 4.69) is 9.88 Å². The van der Waals surface area contributed by atoms with E-state index in [9.17, 15) is 4.39 Å². The van der Waals surface area contributed by atoms with Crippen LogP contribution in [0.1, 0.15) is 24.5 Å². The number of likely N-dealkylation sites (tertiary alicyclic amines) is 1. The zero-order chi connectivity index (χ0) is 16.1. The largest absolute Gasteiger partial charge is 0.383 e. The van der Waals surface area contributed by atoms with E-state index in [-0.39, 0.29) is 5.82 Å². The number of nitrogens with zero attached hydrogens (tertiary/aromatic N) is 3. The normalized spacial score (nSPS) is 16.6. The van der Waals surface area contributed by atoms with Crippen molar-refractivity contribution < 1.29 is 9.13 Å². The minimum Gasteiger partial charge on any atom is -0.383 e. The van der Waals surface area contributed by atoms with Gasteiger partial charge in [0.1, 0.15) is 5.82 Å². The highest BCUT2D eigenvalue weighted by molar-refractivity contribution is 5.58. The molecule has 1 fully saturated rings. The molecule has 0 amide bonds. The van der Waals surface area contributed by atoms with Gasteiger partial charge in [-0.3, -0.25) is 4.98 Å². The summed E-state index contributed by atoms with van der Waals surface area (Å²) in [5.74, 6) is 0.177. The zero-order valence-electron chi connectivity index (χ0n) is 13.4. The smallest absolute Gasteiger partial charge is 0.123 e. The van der Waals surface area contributed by atoms with Crippen molar-refractivity contribution in [1.82, 2.24) is 14.9 Å². The Hall–Kier alpha value is -1.85. The monoisotopic (exact) mass is 315 g/mol. The first kappa shape index (κ1) is 16.0. The molecule has 1 aromatic carbocycles. The Balaban J connectivity index is 1.69. The highest BCUT2D eigenvalue weighted by Gasteiger charge is 2.22. The molecular formula is C18H22FN3O. The second-order valence-corrected chi connectivity index (χ2v) is 5.95. The molecule has 1 saturated heterocycles. The molecule has 2 heterocycles. The first-order valence-electron chi connectivity index (χ1n) is 8.05. The molecule has 4 nitrogen and oxygen atoms in total. The zero-order valence-corrected chi connectivity index (χ0v) is 13.4. The maximum atomic E-state index is 13.4. The lowest BCUT2D eigenvalue weighted by atomic mass is 9.93. The molecule has 0 atom stereocenters. The molecular weight excluding hydrogens is 293 g/mol. The number of methoxy groups -OCH3 is 1. The summed E-state index contributed by atoms with van der Waals surface area (Å²) in [4.78, 5) is 11.5. The minimum absolute atomic E-state index is 0.249. The van der Waals surface area contributed by atoms with E-state index < -0.39 is 0 Å². The standard InChI is InChI=1S/C18H22FN3O/c1-23-10-9-22-7-5-14(6-8-22)17-12-20-13-18(21-17)15-3-2-4-16(19)11-15/h2-4,11-14H,5-10H2,1H3. The summed E-state index contributed by atoms with van der Waals surface area (Å²) in [6.07, 6.45) is 5.69. The van der Waals surface area contributed by atoms with Gasteiger partial charge in [-0.25, -0.2) is 9.37 Å². The van der Waals surface area contributed by atoms with Crippen LogP contribution >= 0.6 is 0 Å². The summed E-state index contributed by atoms with van der Waals surface area (Å²) in [5.41, 5.74) is 2.53. The fourth-order valence-electron chi connectivity index (χ4n) is 3.04. The van der Waals surface area contributed by atoms with Crippen molar-refractivity contribution in [2.75, 3.05) is 33.4 Å². The van der Waals surface area contributed by atoms with Gasteiger partial charge in [-0.1, -0.05) is 12.1 Å². The van der Waals surface area contributed by atoms with Crippen LogP contribution in [0.15, 0.2) is 36.7 Å². The molecule has 5 heteroatoms. The molecule has 0 radical (unpaired) electrons. The second-order valence-electron chi connectivity index (χ2n) is 5.95. The molecule has 23 heavy (non-hydrogen) atoms. The Labute approximate surface area is 136 Å². The van der Waals surface area contributed by atoms with E-state index in [1.165, 1.54) is 12.1 Å². The van der Waals surface area contributed by atoms with Gasteiger partial charge in [-0.2, -0.15) is 0 Å². The lowest BCUT2D eigenvalue weighted by molar-refractivity contribution is 0.130. The van der Waals surface area contributed by atoms with Gasteiger partial charge in [0.25, 0.3) is 0 Å². The van der Waals surface area contributed by atoms with Crippen LogP contribution in [0.5, 0.6) is 0 Å². The van der Waals surface area contributed by atoms with Crippen molar-refractivity contribution in [3.63, 3.8) is 0 Å². The summed E-state index contributed by atoms with van der Waals surface area (Å²) in [6, 6.07) is 6.51. The molecule has 0 unspecified atom stereocenters. The summed E-state index contributed by atoms with van der Waals surface area (Å²) >= 11 is 0. The third-order valence-corrected chi connectivity index (χ3v) is 4.39. The Kier molecular flexibility index (Phi) is 5.31. The van der Waals surface area contributed by atoms with E-state index >= 15 is 0 Å². The second kappa shape index (κ2) is 7.62. The van der Waals surface area contributed by atoms with Gasteiger partial charge in [0.2, 0.25) is 0 Å². The van der Waals surface area contributed by atoms with Gasteiger partial charge in [0.05, 0.1) is 24.2 Å². The molecule has 3 rings (SSSR count). The van der Waals surface area contributed by atoms with Gasteiger partial charge in [-0.05, 0) is 38.1 Å². The van der Waals surface area contributed by atoms with Crippen LogP contribution < -0.4 is 0 Å². The van der Waals surface area contributed by atoms with Gasteiger partial charge in [0.15, 0.2) is 0 Å². The highest BCUT2D eigenvalue weighted by atomic mass is 19.1. The fourth-order valence-corrected chi connectivity index (χ4v) is 3.04. The van der Waals surface area contributed by atoms with Crippen molar-refractivity contribution in [3.8, 4) is 11.3 Å². The topological polar surface area (TPSA) is 38.2 Å². The minimum atomic E-state index is -0.249. The summed E-state index contributed by atoms with van der Waals surface area (Å²) in [7, 11) is 1.74. The molecule has 1 aromatic heterocycles. The van der Waals surface area contributed by atoms with Crippen molar-refractivity contribution in [2.45, 2.75) is 18.8 Å². The van der Waals surface area contributed by atoms with Crippen molar-refractivity contribution in [3.05, 3.63) is 48.2 Å². The van der Waals surface area contributed by atoms with E-state index in [4.69, 9.17) is 9.72 Å². The number of benzene rings is 1. The first-order valence-corrected chi connectivity index (χ1v) is 8.05. The quantitative estimate of drug-likeness (QED) is 0.850. The van der Waals surface area contributed by atoms with Gasteiger partial charge < -0.3 is 9.64 Å². The number of halogens is 1. The molecule has 1 aliphatic heterocycles. The average Bonchev–Trinajstić information content (AvgIpc) is 2.60. The molecule has 2 aromatic rings. The van der Waals surface area contributed by atoms with E-state index in [0.717, 1.165) is 56.0 Å². The van der Waals surface area contributed by atoms with E-state index in [1.54, 1.807) is 19.4 Å². The Morgan fingerprint density at radius 2 is 2.09 bits per heavy atom. The molecule has 0 saturated carbocycles. The van der Waals surface area contributed by atoms with Gasteiger partial charge in [-0.15, -0.1) is 0 Å². The molecule has 0 aliphatic carbocycles. The van der Waals surface area contributed by atoms with Crippen molar-refractivity contribution in [1.29, 1.82) is 0 Å². The number of piperidine rings is 1. The molecule has 0 N–H and O–H groups in total. The Morgan fingerprint density at radius 3 is 2.83 bits per heavy atom. The third kappa shape index (κ3) is 4.12. The van der Waals surface area contributed by atoms with Crippen molar-refractivity contribution >= 4 is 0 Å². The van der Waals surface area contributed by atoms with Crippen LogP contribution in [0.2, 0.25) is 0 Å². The van der Waals surface area contributed by atoms with E-state index in [0.29, 0.717) is 5.92 Å². The first-order chi connectivity index (χ1) is 11.3. The fraction of sp³-hybridized carbons (Fsp3) is 0.444. The van der Waals surface area contributed by atoms with Crippen LogP contribution in [0.4, 0.5) is 4.39 Å². The van der Waals surface area contributed by atoms with Gasteiger partial charge >= 0.3 is 0 Å². The maximum absolute atomic E-state index is 13.4. The Bertz CT molecular complexity index is 642. The van der Waals surface area contributed by atoms with Crippen LogP contribution in [0.25, 0.3) is 11.3 Å². The number of rotatable bonds is 5. The molecule has 0 spiro atoms. The summed E-state index contributed by atoms with van der Waals surface area (Å²) in [5, 5.41) is 0. The van der Waals surface area contributed by atoms with E-state index in [1.807, 2.05) is 12.3 Å². The van der Waals surface area contributed by atoms with Crippen LogP contribution in [-0.4, -0.2) is 48.2 Å². The number of hydrogen-bond acceptors (Lipinski definition) is 4.